The Kier molecular flexibility index (Phi) is 3.96. The SMILES string of the molecule is O=Cc1cccc(C=O)c1C#CCS. The number of aldehydes is 2. The van der Waals surface area contributed by atoms with Gasteiger partial charge in [-0.05, 0) is 0 Å². The lowest BCUT2D eigenvalue weighted by Crippen LogP contribution is -1.93. The maximum atomic E-state index is 10.7. The lowest BCUT2D eigenvalue weighted by molar-refractivity contribution is 0.112. The standard InChI is InChI=1S/C11H8O2S/c12-7-9-3-1-4-10(8-13)11(9)5-2-6-14/h1,3-4,7-8,14H,6H2. The van der Waals surface area contributed by atoms with Crippen molar-refractivity contribution in [1.29, 1.82) is 0 Å². The average molecular weight is 204 g/mol. The van der Waals surface area contributed by atoms with E-state index < -0.39 is 0 Å². The van der Waals surface area contributed by atoms with Crippen LogP contribution in [0.2, 0.25) is 0 Å². The largest absolute Gasteiger partial charge is 0.298 e. The molecule has 0 N–H and O–H groups in total. The molecule has 0 radical (unpaired) electrons. The van der Waals surface area contributed by atoms with Crippen LogP contribution < -0.4 is 0 Å². The third kappa shape index (κ3) is 2.24. The highest BCUT2D eigenvalue weighted by molar-refractivity contribution is 7.80. The van der Waals surface area contributed by atoms with Crippen molar-refractivity contribution in [3.05, 3.63) is 34.9 Å². The Morgan fingerprint density at radius 1 is 1.21 bits per heavy atom. The van der Waals surface area contributed by atoms with Crippen LogP contribution in [0, 0.1) is 11.8 Å². The van der Waals surface area contributed by atoms with E-state index in [2.05, 4.69) is 24.5 Å². The molecular weight excluding hydrogens is 196 g/mol. The van der Waals surface area contributed by atoms with Gasteiger partial charge in [-0.2, -0.15) is 12.6 Å². The predicted molar refractivity (Wildman–Crippen MR) is 57.9 cm³/mol. The van der Waals surface area contributed by atoms with Gasteiger partial charge in [0.25, 0.3) is 0 Å². The van der Waals surface area contributed by atoms with Crippen molar-refractivity contribution >= 4 is 25.2 Å². The molecule has 0 saturated carbocycles. The van der Waals surface area contributed by atoms with Crippen LogP contribution in [0.25, 0.3) is 0 Å². The Balaban J connectivity index is 3.32. The normalized spacial score (nSPS) is 8.64. The quantitative estimate of drug-likeness (QED) is 0.451. The highest BCUT2D eigenvalue weighted by atomic mass is 32.1. The third-order valence-electron chi connectivity index (χ3n) is 1.68. The van der Waals surface area contributed by atoms with Gasteiger partial charge in [0.05, 0.1) is 5.75 Å². The summed E-state index contributed by atoms with van der Waals surface area (Å²) in [6.07, 6.45) is 1.38. The Bertz CT molecular complexity index is 387. The molecule has 0 bridgehead atoms. The Labute approximate surface area is 87.7 Å². The molecule has 0 fully saturated rings. The summed E-state index contributed by atoms with van der Waals surface area (Å²) in [5.41, 5.74) is 1.35. The van der Waals surface area contributed by atoms with Crippen LogP contribution in [0.4, 0.5) is 0 Å². The molecule has 0 unspecified atom stereocenters. The van der Waals surface area contributed by atoms with Crippen molar-refractivity contribution in [2.75, 3.05) is 5.75 Å². The van der Waals surface area contributed by atoms with Gasteiger partial charge in [-0.25, -0.2) is 0 Å². The summed E-state index contributed by atoms with van der Waals surface area (Å²) in [6.45, 7) is 0. The molecule has 0 aliphatic carbocycles. The molecule has 2 nitrogen and oxygen atoms in total. The fourth-order valence-electron chi connectivity index (χ4n) is 1.06. The molecule has 0 amide bonds. The molecule has 0 aromatic heterocycles. The number of carbonyl (C=O) groups is 2. The maximum absolute atomic E-state index is 10.7. The number of carbonyl (C=O) groups excluding carboxylic acids is 2. The zero-order valence-electron chi connectivity index (χ0n) is 7.36. The minimum atomic E-state index is 0.394. The molecule has 0 spiro atoms. The lowest BCUT2D eigenvalue weighted by atomic mass is 10.0. The molecule has 1 rings (SSSR count). The second-order valence-corrected chi connectivity index (χ2v) is 2.82. The third-order valence-corrected chi connectivity index (χ3v) is 1.83. The fourth-order valence-corrected chi connectivity index (χ4v) is 1.14. The molecule has 70 valence electrons. The van der Waals surface area contributed by atoms with Crippen molar-refractivity contribution < 1.29 is 9.59 Å². The van der Waals surface area contributed by atoms with Gasteiger partial charge in [0.15, 0.2) is 12.6 Å². The number of benzene rings is 1. The van der Waals surface area contributed by atoms with Crippen molar-refractivity contribution in [2.24, 2.45) is 0 Å². The molecule has 0 aliphatic rings. The lowest BCUT2D eigenvalue weighted by Gasteiger charge is -1.98. The zero-order valence-corrected chi connectivity index (χ0v) is 8.25. The van der Waals surface area contributed by atoms with E-state index in [1.807, 2.05) is 0 Å². The van der Waals surface area contributed by atoms with Crippen molar-refractivity contribution in [3.63, 3.8) is 0 Å². The van der Waals surface area contributed by atoms with Gasteiger partial charge in [0, 0.05) is 16.7 Å². The second kappa shape index (κ2) is 5.25. The highest BCUT2D eigenvalue weighted by Crippen LogP contribution is 2.10. The summed E-state index contributed by atoms with van der Waals surface area (Å²) >= 11 is 3.93. The summed E-state index contributed by atoms with van der Waals surface area (Å²) in [4.78, 5) is 21.3. The minimum absolute atomic E-state index is 0.394. The summed E-state index contributed by atoms with van der Waals surface area (Å²) in [7, 11) is 0. The van der Waals surface area contributed by atoms with E-state index in [1.54, 1.807) is 18.2 Å². The van der Waals surface area contributed by atoms with Crippen LogP contribution in [0.5, 0.6) is 0 Å². The molecule has 1 aromatic carbocycles. The molecule has 14 heavy (non-hydrogen) atoms. The van der Waals surface area contributed by atoms with Crippen LogP contribution in [0.1, 0.15) is 26.3 Å². The first-order chi connectivity index (χ1) is 6.83. The first-order valence-electron chi connectivity index (χ1n) is 3.96. The zero-order chi connectivity index (χ0) is 10.4. The van der Waals surface area contributed by atoms with Crippen molar-refractivity contribution in [1.82, 2.24) is 0 Å². The number of rotatable bonds is 2. The average Bonchev–Trinajstić information content (AvgIpc) is 2.25. The topological polar surface area (TPSA) is 34.1 Å². The van der Waals surface area contributed by atoms with Gasteiger partial charge in [-0.1, -0.05) is 30.0 Å². The van der Waals surface area contributed by atoms with Gasteiger partial charge in [0.1, 0.15) is 0 Å². The van der Waals surface area contributed by atoms with E-state index >= 15 is 0 Å². The van der Waals surface area contributed by atoms with E-state index in [1.165, 1.54) is 0 Å². The summed E-state index contributed by atoms with van der Waals surface area (Å²) in [5.74, 6) is 5.85. The predicted octanol–water partition coefficient (Wildman–Crippen LogP) is 1.59. The summed E-state index contributed by atoms with van der Waals surface area (Å²) in [5, 5.41) is 0. The number of hydrogen-bond acceptors (Lipinski definition) is 3. The van der Waals surface area contributed by atoms with E-state index in [9.17, 15) is 9.59 Å². The second-order valence-electron chi connectivity index (χ2n) is 2.51. The van der Waals surface area contributed by atoms with Gasteiger partial charge < -0.3 is 0 Å². The van der Waals surface area contributed by atoms with Gasteiger partial charge >= 0.3 is 0 Å². The fraction of sp³-hybridized carbons (Fsp3) is 0.0909. The maximum Gasteiger partial charge on any atom is 0.151 e. The Hall–Kier alpha value is -1.53. The smallest absolute Gasteiger partial charge is 0.151 e. The van der Waals surface area contributed by atoms with Gasteiger partial charge in [0.2, 0.25) is 0 Å². The molecule has 3 heteroatoms. The minimum Gasteiger partial charge on any atom is -0.298 e. The van der Waals surface area contributed by atoms with Crippen molar-refractivity contribution in [2.45, 2.75) is 0 Å². The number of hydrogen-bond donors (Lipinski definition) is 1. The van der Waals surface area contributed by atoms with Crippen LogP contribution in [-0.4, -0.2) is 18.3 Å². The molecule has 0 atom stereocenters. The van der Waals surface area contributed by atoms with Crippen LogP contribution in [0.3, 0.4) is 0 Å². The molecule has 0 saturated heterocycles. The summed E-state index contributed by atoms with van der Waals surface area (Å²) < 4.78 is 0. The van der Waals surface area contributed by atoms with Crippen molar-refractivity contribution in [3.8, 4) is 11.8 Å². The summed E-state index contributed by atoms with van der Waals surface area (Å²) in [6, 6.07) is 4.91. The van der Waals surface area contributed by atoms with Crippen LogP contribution >= 0.6 is 12.6 Å². The molecular formula is C11H8O2S. The van der Waals surface area contributed by atoms with Gasteiger partial charge in [-0.3, -0.25) is 9.59 Å². The Morgan fingerprint density at radius 3 is 2.21 bits per heavy atom. The van der Waals surface area contributed by atoms with E-state index in [0.29, 0.717) is 35.0 Å². The molecule has 1 aromatic rings. The molecule has 0 aliphatic heterocycles. The van der Waals surface area contributed by atoms with E-state index in [0.717, 1.165) is 0 Å². The first kappa shape index (κ1) is 10.6. The van der Waals surface area contributed by atoms with Gasteiger partial charge in [-0.15, -0.1) is 0 Å². The van der Waals surface area contributed by atoms with Crippen LogP contribution in [0.15, 0.2) is 18.2 Å². The highest BCUT2D eigenvalue weighted by Gasteiger charge is 2.03. The van der Waals surface area contributed by atoms with E-state index in [4.69, 9.17) is 0 Å². The number of thiol groups is 1. The van der Waals surface area contributed by atoms with E-state index in [-0.39, 0.29) is 0 Å². The monoisotopic (exact) mass is 204 g/mol. The molecule has 0 heterocycles. The first-order valence-corrected chi connectivity index (χ1v) is 4.60. The van der Waals surface area contributed by atoms with Crippen LogP contribution in [-0.2, 0) is 0 Å². The Morgan fingerprint density at radius 2 is 1.79 bits per heavy atom.